The van der Waals surface area contributed by atoms with Crippen LogP contribution < -0.4 is 14.2 Å². The molecule has 0 radical (unpaired) electrons. The topological polar surface area (TPSA) is 91.0 Å². The second-order valence-corrected chi connectivity index (χ2v) is 8.46. The Bertz CT molecular complexity index is 1500. The second-order valence-electron chi connectivity index (χ2n) is 7.52. The summed E-state index contributed by atoms with van der Waals surface area (Å²) in [4.78, 5) is 10.3. The van der Waals surface area contributed by atoms with E-state index in [0.29, 0.717) is 34.6 Å². The minimum atomic E-state index is -0.277. The monoisotopic (exact) mass is 458 g/mol. The van der Waals surface area contributed by atoms with E-state index < -0.39 is 0 Å². The van der Waals surface area contributed by atoms with Crippen molar-refractivity contribution in [3.8, 4) is 39.6 Å². The van der Waals surface area contributed by atoms with Crippen LogP contribution in [0.4, 0.5) is 0 Å². The summed E-state index contributed by atoms with van der Waals surface area (Å²) in [5, 5.41) is 16.7. The first-order chi connectivity index (χ1) is 16.2. The number of aromatic nitrogens is 4. The molecule has 0 amide bonds. The van der Waals surface area contributed by atoms with Gasteiger partial charge in [0.2, 0.25) is 5.88 Å². The van der Waals surface area contributed by atoms with Crippen LogP contribution in [0.5, 0.6) is 28.9 Å². The molecular weight excluding hydrogens is 440 g/mol. The standard InChI is InChI=1S/C24H18N4O4S/c1-30-16-8-5-13(10-18(16)31-2)20-15-7-6-14(29)11-17(15)32-24-21(20)23-26-22(19-4-3-9-33-19)27-28(23)12-25-24/h3-12,20,29H,1-2H3/t20-/m1/s1. The van der Waals surface area contributed by atoms with Crippen LogP contribution >= 0.6 is 11.3 Å². The molecule has 0 fully saturated rings. The number of hydrogen-bond donors (Lipinski definition) is 1. The molecule has 5 aromatic rings. The van der Waals surface area contributed by atoms with Crippen LogP contribution in [0.25, 0.3) is 16.3 Å². The molecule has 0 aliphatic carbocycles. The molecule has 1 aliphatic heterocycles. The maximum Gasteiger partial charge on any atom is 0.228 e. The maximum atomic E-state index is 10.1. The van der Waals surface area contributed by atoms with Crippen molar-refractivity contribution in [2.24, 2.45) is 0 Å². The average Bonchev–Trinajstić information content (AvgIpc) is 3.52. The van der Waals surface area contributed by atoms with Gasteiger partial charge < -0.3 is 19.3 Å². The maximum absolute atomic E-state index is 10.1. The average molecular weight is 458 g/mol. The van der Waals surface area contributed by atoms with Gasteiger partial charge in [0.15, 0.2) is 23.0 Å². The fourth-order valence-corrected chi connectivity index (χ4v) is 4.84. The highest BCUT2D eigenvalue weighted by molar-refractivity contribution is 7.13. The van der Waals surface area contributed by atoms with Gasteiger partial charge in [-0.1, -0.05) is 18.2 Å². The Morgan fingerprint density at radius 2 is 1.94 bits per heavy atom. The lowest BCUT2D eigenvalue weighted by Crippen LogP contribution is -2.15. The molecule has 8 nitrogen and oxygen atoms in total. The molecule has 0 saturated heterocycles. The van der Waals surface area contributed by atoms with Crippen LogP contribution in [0, 0.1) is 0 Å². The van der Waals surface area contributed by atoms with E-state index in [-0.39, 0.29) is 11.7 Å². The summed E-state index contributed by atoms with van der Waals surface area (Å²) in [5.41, 5.74) is 3.27. The van der Waals surface area contributed by atoms with Crippen molar-refractivity contribution in [3.63, 3.8) is 0 Å². The second kappa shape index (κ2) is 7.49. The van der Waals surface area contributed by atoms with E-state index in [9.17, 15) is 5.11 Å². The van der Waals surface area contributed by atoms with Crippen molar-refractivity contribution in [2.75, 3.05) is 14.2 Å². The third-order valence-corrected chi connectivity index (χ3v) is 6.54. The molecule has 0 spiro atoms. The predicted molar refractivity (Wildman–Crippen MR) is 123 cm³/mol. The predicted octanol–water partition coefficient (Wildman–Crippen LogP) is 4.86. The lowest BCUT2D eigenvalue weighted by atomic mass is 9.83. The zero-order valence-corrected chi connectivity index (χ0v) is 18.5. The van der Waals surface area contributed by atoms with Gasteiger partial charge in [0, 0.05) is 17.5 Å². The van der Waals surface area contributed by atoms with Crippen LogP contribution in [0.2, 0.25) is 0 Å². The molecule has 1 aliphatic rings. The van der Waals surface area contributed by atoms with Crippen molar-refractivity contribution in [3.05, 3.63) is 76.9 Å². The zero-order valence-electron chi connectivity index (χ0n) is 17.7. The van der Waals surface area contributed by atoms with E-state index in [1.54, 1.807) is 48.5 Å². The summed E-state index contributed by atoms with van der Waals surface area (Å²) in [6, 6.07) is 14.9. The lowest BCUT2D eigenvalue weighted by Gasteiger charge is -2.28. The molecule has 33 heavy (non-hydrogen) atoms. The number of methoxy groups -OCH3 is 2. The van der Waals surface area contributed by atoms with Gasteiger partial charge in [0.1, 0.15) is 17.8 Å². The Morgan fingerprint density at radius 1 is 1.06 bits per heavy atom. The number of thiophene rings is 1. The van der Waals surface area contributed by atoms with E-state index in [0.717, 1.165) is 21.6 Å². The molecule has 164 valence electrons. The highest BCUT2D eigenvalue weighted by Crippen LogP contribution is 2.49. The first-order valence-corrected chi connectivity index (χ1v) is 11.1. The van der Waals surface area contributed by atoms with Crippen molar-refractivity contribution < 1.29 is 19.3 Å². The SMILES string of the molecule is COc1ccc([C@@H]2c3ccc(O)cc3Oc3ncn4nc(-c5cccs5)nc4c32)cc1OC. The third-order valence-electron chi connectivity index (χ3n) is 5.67. The number of hydrogen-bond acceptors (Lipinski definition) is 8. The number of ether oxygens (including phenoxy) is 3. The Labute approximate surface area is 192 Å². The molecule has 0 bridgehead atoms. The van der Waals surface area contributed by atoms with Gasteiger partial charge in [0.25, 0.3) is 0 Å². The van der Waals surface area contributed by atoms with Gasteiger partial charge >= 0.3 is 0 Å². The number of phenolic OH excluding ortho intramolecular Hbond substituents is 1. The normalized spacial score (nSPS) is 14.4. The minimum Gasteiger partial charge on any atom is -0.508 e. The fourth-order valence-electron chi connectivity index (χ4n) is 4.19. The first kappa shape index (κ1) is 19.6. The fraction of sp³-hybridized carbons (Fsp3) is 0.125. The van der Waals surface area contributed by atoms with Gasteiger partial charge in [-0.2, -0.15) is 0 Å². The number of phenols is 1. The van der Waals surface area contributed by atoms with E-state index in [1.165, 1.54) is 0 Å². The summed E-state index contributed by atoms with van der Waals surface area (Å²) in [6.45, 7) is 0. The van der Waals surface area contributed by atoms with Crippen molar-refractivity contribution in [1.29, 1.82) is 0 Å². The Hall–Kier alpha value is -4.11. The largest absolute Gasteiger partial charge is 0.508 e. The molecule has 0 saturated carbocycles. The highest BCUT2D eigenvalue weighted by atomic mass is 32.1. The van der Waals surface area contributed by atoms with E-state index in [2.05, 4.69) is 10.1 Å². The van der Waals surface area contributed by atoms with Crippen LogP contribution in [-0.4, -0.2) is 38.9 Å². The molecule has 9 heteroatoms. The first-order valence-electron chi connectivity index (χ1n) is 10.2. The summed E-state index contributed by atoms with van der Waals surface area (Å²) >= 11 is 1.58. The molecule has 6 rings (SSSR count). The van der Waals surface area contributed by atoms with Gasteiger partial charge in [-0.15, -0.1) is 16.4 Å². The molecule has 4 heterocycles. The van der Waals surface area contributed by atoms with Gasteiger partial charge in [-0.05, 0) is 35.2 Å². The number of fused-ring (bicyclic) bond motifs is 4. The quantitative estimate of drug-likeness (QED) is 0.403. The van der Waals surface area contributed by atoms with E-state index in [4.69, 9.17) is 19.2 Å². The molecule has 1 N–H and O–H groups in total. The minimum absolute atomic E-state index is 0.117. The molecule has 1 atom stereocenters. The summed E-state index contributed by atoms with van der Waals surface area (Å²) in [7, 11) is 3.21. The van der Waals surface area contributed by atoms with Crippen LogP contribution in [-0.2, 0) is 0 Å². The summed E-state index contributed by atoms with van der Waals surface area (Å²) in [6.07, 6.45) is 1.59. The van der Waals surface area contributed by atoms with Gasteiger partial charge in [-0.3, -0.25) is 0 Å². The van der Waals surface area contributed by atoms with Crippen molar-refractivity contribution in [2.45, 2.75) is 5.92 Å². The van der Waals surface area contributed by atoms with E-state index in [1.807, 2.05) is 41.8 Å². The summed E-state index contributed by atoms with van der Waals surface area (Å²) in [5.74, 6) is 2.68. The molecule has 2 aromatic carbocycles. The number of aromatic hydroxyl groups is 1. The highest BCUT2D eigenvalue weighted by Gasteiger charge is 2.34. The van der Waals surface area contributed by atoms with Crippen molar-refractivity contribution in [1.82, 2.24) is 19.6 Å². The molecule has 3 aromatic heterocycles. The zero-order chi connectivity index (χ0) is 22.5. The van der Waals surface area contributed by atoms with Gasteiger partial charge in [-0.25, -0.2) is 14.5 Å². The molecular formula is C24H18N4O4S. The Kier molecular flexibility index (Phi) is 4.44. The number of rotatable bonds is 4. The number of nitrogens with zero attached hydrogens (tertiary/aromatic N) is 4. The Balaban J connectivity index is 1.62. The van der Waals surface area contributed by atoms with Crippen LogP contribution in [0.3, 0.4) is 0 Å². The smallest absolute Gasteiger partial charge is 0.228 e. The van der Waals surface area contributed by atoms with Gasteiger partial charge in [0.05, 0.1) is 24.7 Å². The third kappa shape index (κ3) is 3.08. The summed E-state index contributed by atoms with van der Waals surface area (Å²) < 4.78 is 18.8. The lowest BCUT2D eigenvalue weighted by molar-refractivity contribution is 0.354. The van der Waals surface area contributed by atoms with E-state index >= 15 is 0 Å². The molecule has 0 unspecified atom stereocenters. The van der Waals surface area contributed by atoms with Crippen LogP contribution in [0.15, 0.2) is 60.2 Å². The Morgan fingerprint density at radius 3 is 2.73 bits per heavy atom. The van der Waals surface area contributed by atoms with Crippen LogP contribution in [0.1, 0.15) is 22.6 Å². The number of benzene rings is 2. The van der Waals surface area contributed by atoms with Crippen molar-refractivity contribution >= 4 is 17.0 Å².